The molecule has 2 aromatic heterocycles. The van der Waals surface area contributed by atoms with Crippen molar-refractivity contribution >= 4 is 23.0 Å². The summed E-state index contributed by atoms with van der Waals surface area (Å²) < 4.78 is 1.86. The predicted molar refractivity (Wildman–Crippen MR) is 81.1 cm³/mol. The Bertz CT molecular complexity index is 715. The number of imidazole rings is 1. The summed E-state index contributed by atoms with van der Waals surface area (Å²) in [7, 11) is 0. The normalized spacial score (nSPS) is 10.8. The highest BCUT2D eigenvalue weighted by Gasteiger charge is 2.06. The summed E-state index contributed by atoms with van der Waals surface area (Å²) in [6.07, 6.45) is 7.58. The molecular formula is C15H17N5. The standard InChI is InChI=1S/C15H17N5/c1-2-3-11-4-6-12(7-5-11)18-14-15-17-8-9-20(15)10-13(16)19-14/h4-10H,2-3,16H2,1H3,(H,18,19). The number of fused-ring (bicyclic) bond motifs is 1. The van der Waals surface area contributed by atoms with Crippen LogP contribution in [0.15, 0.2) is 42.9 Å². The molecule has 0 radical (unpaired) electrons. The lowest BCUT2D eigenvalue weighted by Crippen LogP contribution is -2.02. The van der Waals surface area contributed by atoms with Crippen LogP contribution in [0.2, 0.25) is 0 Å². The second-order valence-electron chi connectivity index (χ2n) is 4.74. The maximum Gasteiger partial charge on any atom is 0.180 e. The van der Waals surface area contributed by atoms with Gasteiger partial charge in [-0.1, -0.05) is 25.5 Å². The number of hydrogen-bond acceptors (Lipinski definition) is 4. The molecule has 0 saturated carbocycles. The third-order valence-electron chi connectivity index (χ3n) is 3.15. The number of aryl methyl sites for hydroxylation is 1. The van der Waals surface area contributed by atoms with Crippen molar-refractivity contribution in [3.8, 4) is 0 Å². The smallest absolute Gasteiger partial charge is 0.180 e. The molecule has 0 aliphatic carbocycles. The first-order valence-electron chi connectivity index (χ1n) is 6.71. The summed E-state index contributed by atoms with van der Waals surface area (Å²) in [6, 6.07) is 8.35. The fraction of sp³-hybridized carbons (Fsp3) is 0.200. The first kappa shape index (κ1) is 12.5. The molecule has 1 aromatic carbocycles. The largest absolute Gasteiger partial charge is 0.382 e. The molecule has 0 amide bonds. The molecule has 3 rings (SSSR count). The molecule has 102 valence electrons. The third-order valence-corrected chi connectivity index (χ3v) is 3.15. The lowest BCUT2D eigenvalue weighted by Gasteiger charge is -2.08. The minimum Gasteiger partial charge on any atom is -0.382 e. The van der Waals surface area contributed by atoms with Gasteiger partial charge in [0.1, 0.15) is 5.82 Å². The van der Waals surface area contributed by atoms with Gasteiger partial charge in [-0.25, -0.2) is 9.97 Å². The summed E-state index contributed by atoms with van der Waals surface area (Å²) >= 11 is 0. The molecule has 0 unspecified atom stereocenters. The van der Waals surface area contributed by atoms with Gasteiger partial charge in [-0.3, -0.25) is 0 Å². The minimum absolute atomic E-state index is 0.459. The fourth-order valence-corrected chi connectivity index (χ4v) is 2.22. The SMILES string of the molecule is CCCc1ccc(Nc2nc(N)cn3ccnc23)cc1. The summed E-state index contributed by atoms with van der Waals surface area (Å²) in [5.41, 5.74) is 8.88. The Labute approximate surface area is 117 Å². The van der Waals surface area contributed by atoms with Crippen molar-refractivity contribution in [3.05, 3.63) is 48.4 Å². The van der Waals surface area contributed by atoms with Gasteiger partial charge >= 0.3 is 0 Å². The van der Waals surface area contributed by atoms with Crippen molar-refractivity contribution in [2.45, 2.75) is 19.8 Å². The van der Waals surface area contributed by atoms with Gasteiger partial charge in [0.25, 0.3) is 0 Å². The van der Waals surface area contributed by atoms with Crippen LogP contribution in [0.25, 0.3) is 5.65 Å². The van der Waals surface area contributed by atoms with Gasteiger partial charge in [0.05, 0.1) is 6.20 Å². The highest BCUT2D eigenvalue weighted by Crippen LogP contribution is 2.20. The maximum atomic E-state index is 5.80. The van der Waals surface area contributed by atoms with Gasteiger partial charge in [-0.05, 0) is 24.1 Å². The van der Waals surface area contributed by atoms with Gasteiger partial charge < -0.3 is 15.5 Å². The molecule has 0 atom stereocenters. The summed E-state index contributed by atoms with van der Waals surface area (Å²) in [4.78, 5) is 8.60. The molecular weight excluding hydrogens is 250 g/mol. The van der Waals surface area contributed by atoms with Crippen LogP contribution in [0.4, 0.5) is 17.3 Å². The van der Waals surface area contributed by atoms with Gasteiger partial charge in [-0.2, -0.15) is 0 Å². The van der Waals surface area contributed by atoms with Crippen molar-refractivity contribution in [1.82, 2.24) is 14.4 Å². The molecule has 5 nitrogen and oxygen atoms in total. The van der Waals surface area contributed by atoms with Crippen LogP contribution in [-0.2, 0) is 6.42 Å². The number of nitrogen functional groups attached to an aromatic ring is 1. The van der Waals surface area contributed by atoms with Crippen molar-refractivity contribution in [1.29, 1.82) is 0 Å². The molecule has 20 heavy (non-hydrogen) atoms. The maximum absolute atomic E-state index is 5.80. The molecule has 3 aromatic rings. The van der Waals surface area contributed by atoms with E-state index in [1.165, 1.54) is 5.56 Å². The summed E-state index contributed by atoms with van der Waals surface area (Å²) in [5, 5.41) is 3.27. The van der Waals surface area contributed by atoms with E-state index in [0.717, 1.165) is 24.2 Å². The molecule has 0 fully saturated rings. The Morgan fingerprint density at radius 1 is 1.25 bits per heavy atom. The van der Waals surface area contributed by atoms with Crippen LogP contribution < -0.4 is 11.1 Å². The summed E-state index contributed by atoms with van der Waals surface area (Å²) in [6.45, 7) is 2.18. The van der Waals surface area contributed by atoms with Gasteiger partial charge in [0.15, 0.2) is 11.5 Å². The van der Waals surface area contributed by atoms with E-state index in [9.17, 15) is 0 Å². The van der Waals surface area contributed by atoms with E-state index in [-0.39, 0.29) is 0 Å². The Balaban J connectivity index is 1.90. The summed E-state index contributed by atoms with van der Waals surface area (Å²) in [5.74, 6) is 1.12. The lowest BCUT2D eigenvalue weighted by atomic mass is 10.1. The molecule has 0 aliphatic heterocycles. The van der Waals surface area contributed by atoms with Crippen molar-refractivity contribution < 1.29 is 0 Å². The van der Waals surface area contributed by atoms with Crippen LogP contribution in [0.5, 0.6) is 0 Å². The van der Waals surface area contributed by atoms with E-state index in [4.69, 9.17) is 5.73 Å². The fourth-order valence-electron chi connectivity index (χ4n) is 2.22. The van der Waals surface area contributed by atoms with Crippen LogP contribution in [0, 0.1) is 0 Å². The quantitative estimate of drug-likeness (QED) is 0.762. The Morgan fingerprint density at radius 3 is 2.80 bits per heavy atom. The zero-order valence-electron chi connectivity index (χ0n) is 11.4. The van der Waals surface area contributed by atoms with Gasteiger partial charge in [0, 0.05) is 18.1 Å². The Hall–Kier alpha value is -2.56. The number of aromatic nitrogens is 3. The Morgan fingerprint density at radius 2 is 2.05 bits per heavy atom. The van der Waals surface area contributed by atoms with Crippen molar-refractivity contribution in [2.24, 2.45) is 0 Å². The lowest BCUT2D eigenvalue weighted by molar-refractivity contribution is 0.922. The molecule has 2 heterocycles. The highest BCUT2D eigenvalue weighted by atomic mass is 15.1. The van der Waals surface area contributed by atoms with Crippen LogP contribution >= 0.6 is 0 Å². The van der Waals surface area contributed by atoms with E-state index < -0.39 is 0 Å². The van der Waals surface area contributed by atoms with Crippen molar-refractivity contribution in [2.75, 3.05) is 11.1 Å². The first-order chi connectivity index (χ1) is 9.76. The van der Waals surface area contributed by atoms with E-state index in [0.29, 0.717) is 11.6 Å². The minimum atomic E-state index is 0.459. The average molecular weight is 267 g/mol. The number of nitrogens with zero attached hydrogens (tertiary/aromatic N) is 3. The zero-order chi connectivity index (χ0) is 13.9. The van der Waals surface area contributed by atoms with E-state index in [2.05, 4.69) is 46.5 Å². The van der Waals surface area contributed by atoms with Crippen LogP contribution in [0.3, 0.4) is 0 Å². The Kier molecular flexibility index (Phi) is 3.25. The monoisotopic (exact) mass is 267 g/mol. The van der Waals surface area contributed by atoms with E-state index in [1.54, 1.807) is 12.4 Å². The molecule has 0 saturated heterocycles. The van der Waals surface area contributed by atoms with Gasteiger partial charge in [0.2, 0.25) is 0 Å². The van der Waals surface area contributed by atoms with Gasteiger partial charge in [-0.15, -0.1) is 0 Å². The van der Waals surface area contributed by atoms with E-state index >= 15 is 0 Å². The average Bonchev–Trinajstić information content (AvgIpc) is 2.89. The van der Waals surface area contributed by atoms with Crippen LogP contribution in [0.1, 0.15) is 18.9 Å². The third kappa shape index (κ3) is 2.42. The van der Waals surface area contributed by atoms with Crippen molar-refractivity contribution in [3.63, 3.8) is 0 Å². The second kappa shape index (κ2) is 5.21. The molecule has 3 N–H and O–H groups in total. The number of nitrogens with two attached hydrogens (primary N) is 1. The van der Waals surface area contributed by atoms with Crippen LogP contribution in [-0.4, -0.2) is 14.4 Å². The highest BCUT2D eigenvalue weighted by molar-refractivity contribution is 5.71. The zero-order valence-corrected chi connectivity index (χ0v) is 11.4. The number of rotatable bonds is 4. The van der Waals surface area contributed by atoms with E-state index in [1.807, 2.05) is 10.6 Å². The molecule has 5 heteroatoms. The predicted octanol–water partition coefficient (Wildman–Crippen LogP) is 3.01. The number of nitrogens with one attached hydrogen (secondary N) is 1. The molecule has 0 bridgehead atoms. The molecule has 0 aliphatic rings. The second-order valence-corrected chi connectivity index (χ2v) is 4.74. The first-order valence-corrected chi connectivity index (χ1v) is 6.71. The number of hydrogen-bond donors (Lipinski definition) is 2. The topological polar surface area (TPSA) is 68.2 Å². The number of benzene rings is 1. The molecule has 0 spiro atoms. The number of anilines is 3.